The summed E-state index contributed by atoms with van der Waals surface area (Å²) in [6.07, 6.45) is 0.345. The van der Waals surface area contributed by atoms with Gasteiger partial charge >= 0.3 is 0 Å². The fourth-order valence-electron chi connectivity index (χ4n) is 6.43. The summed E-state index contributed by atoms with van der Waals surface area (Å²) in [5, 5.41) is 9.46. The summed E-state index contributed by atoms with van der Waals surface area (Å²) in [5.41, 5.74) is 3.65. The van der Waals surface area contributed by atoms with Crippen LogP contribution in [-0.4, -0.2) is 64.2 Å². The lowest BCUT2D eigenvalue weighted by Gasteiger charge is -2.27. The molecule has 3 aliphatic heterocycles. The van der Waals surface area contributed by atoms with Crippen LogP contribution in [0.2, 0.25) is 0 Å². The van der Waals surface area contributed by atoms with Gasteiger partial charge in [0, 0.05) is 19.6 Å². The number of para-hydroxylation sites is 3. The SMILES string of the molecule is CC1CNc2c(cccc2S(=O)(=O)OCC(COS(=O)(=O)c2cccc3c2NCC(C)C3)OS(=O)(=O)c2cccc3c2NCC(C)C3)C1. The Bertz CT molecular complexity index is 1920. The molecule has 260 valence electrons. The minimum absolute atomic E-state index is 0.103. The summed E-state index contributed by atoms with van der Waals surface area (Å²) in [5.74, 6) is 0.881. The van der Waals surface area contributed by atoms with Gasteiger partial charge in [-0.15, -0.1) is 0 Å². The predicted molar refractivity (Wildman–Crippen MR) is 182 cm³/mol. The van der Waals surface area contributed by atoms with E-state index in [0.717, 1.165) is 16.7 Å². The van der Waals surface area contributed by atoms with Crippen LogP contribution < -0.4 is 16.0 Å². The molecule has 3 aliphatic rings. The van der Waals surface area contributed by atoms with Gasteiger partial charge in [0.1, 0.15) is 20.8 Å². The summed E-state index contributed by atoms with van der Waals surface area (Å²) in [7, 11) is -13.4. The van der Waals surface area contributed by atoms with E-state index >= 15 is 0 Å². The lowest BCUT2D eigenvalue weighted by molar-refractivity contribution is 0.0910. The van der Waals surface area contributed by atoms with Crippen molar-refractivity contribution in [3.05, 3.63) is 71.3 Å². The van der Waals surface area contributed by atoms with E-state index in [1.807, 2.05) is 39.0 Å². The van der Waals surface area contributed by atoms with Gasteiger partial charge in [0.05, 0.1) is 30.3 Å². The van der Waals surface area contributed by atoms with Crippen LogP contribution in [-0.2, 0) is 62.2 Å². The van der Waals surface area contributed by atoms with Crippen LogP contribution in [0.3, 0.4) is 0 Å². The van der Waals surface area contributed by atoms with E-state index in [-0.39, 0.29) is 20.6 Å². The first-order valence-electron chi connectivity index (χ1n) is 16.0. The Morgan fingerprint density at radius 1 is 0.562 bits per heavy atom. The summed E-state index contributed by atoms with van der Waals surface area (Å²) < 4.78 is 97.9. The molecule has 0 saturated heterocycles. The Hall–Kier alpha value is -3.21. The summed E-state index contributed by atoms with van der Waals surface area (Å²) in [6, 6.07) is 14.5. The first kappa shape index (κ1) is 34.6. The van der Waals surface area contributed by atoms with Gasteiger partial charge in [-0.2, -0.15) is 25.3 Å². The molecule has 15 heteroatoms. The predicted octanol–water partition coefficient (Wildman–Crippen LogP) is 4.38. The highest BCUT2D eigenvalue weighted by molar-refractivity contribution is 7.87. The highest BCUT2D eigenvalue weighted by Gasteiger charge is 2.33. The Morgan fingerprint density at radius 2 is 0.896 bits per heavy atom. The Kier molecular flexibility index (Phi) is 9.81. The number of rotatable bonds is 11. The fourth-order valence-corrected chi connectivity index (χ4v) is 10.0. The molecule has 0 radical (unpaired) electrons. The highest BCUT2D eigenvalue weighted by atomic mass is 32.2. The molecule has 6 rings (SSSR count). The van der Waals surface area contributed by atoms with E-state index in [1.165, 1.54) is 18.2 Å². The maximum Gasteiger partial charge on any atom is 0.299 e. The van der Waals surface area contributed by atoms with Crippen LogP contribution in [0.25, 0.3) is 0 Å². The second kappa shape index (κ2) is 13.6. The molecule has 3 aromatic carbocycles. The van der Waals surface area contributed by atoms with Crippen LogP contribution in [0.15, 0.2) is 69.3 Å². The van der Waals surface area contributed by atoms with Crippen molar-refractivity contribution >= 4 is 47.4 Å². The molecule has 3 atom stereocenters. The quantitative estimate of drug-likeness (QED) is 0.240. The molecular formula is C33H41N3O9S3. The van der Waals surface area contributed by atoms with Gasteiger partial charge in [-0.1, -0.05) is 57.2 Å². The number of hydrogen-bond acceptors (Lipinski definition) is 12. The third-order valence-corrected chi connectivity index (χ3v) is 12.9. The van der Waals surface area contributed by atoms with Gasteiger partial charge < -0.3 is 16.0 Å². The molecule has 0 saturated carbocycles. The van der Waals surface area contributed by atoms with Gasteiger partial charge in [-0.25, -0.2) is 0 Å². The van der Waals surface area contributed by atoms with Gasteiger partial charge in [-0.3, -0.25) is 12.5 Å². The molecule has 3 N–H and O–H groups in total. The third kappa shape index (κ3) is 7.36. The maximum absolute atomic E-state index is 13.7. The topological polar surface area (TPSA) is 166 Å². The summed E-state index contributed by atoms with van der Waals surface area (Å²) in [4.78, 5) is -0.351. The lowest BCUT2D eigenvalue weighted by atomic mass is 9.96. The molecule has 12 nitrogen and oxygen atoms in total. The van der Waals surface area contributed by atoms with Crippen molar-refractivity contribution in [1.29, 1.82) is 0 Å². The van der Waals surface area contributed by atoms with Crippen molar-refractivity contribution in [3.63, 3.8) is 0 Å². The molecule has 0 bridgehead atoms. The minimum Gasteiger partial charge on any atom is -0.383 e. The molecule has 0 spiro atoms. The minimum atomic E-state index is -4.56. The Morgan fingerprint density at radius 3 is 1.25 bits per heavy atom. The van der Waals surface area contributed by atoms with E-state index < -0.39 is 49.7 Å². The molecule has 3 unspecified atom stereocenters. The third-order valence-electron chi connectivity index (χ3n) is 8.81. The Labute approximate surface area is 282 Å². The van der Waals surface area contributed by atoms with Crippen LogP contribution in [0.1, 0.15) is 37.5 Å². The maximum atomic E-state index is 13.7. The van der Waals surface area contributed by atoms with Crippen molar-refractivity contribution in [3.8, 4) is 0 Å². The zero-order valence-corrected chi connectivity index (χ0v) is 29.5. The van der Waals surface area contributed by atoms with Gasteiger partial charge in [0.25, 0.3) is 30.4 Å². The first-order chi connectivity index (χ1) is 22.7. The summed E-state index contributed by atoms with van der Waals surface area (Å²) in [6.45, 7) is 6.16. The molecule has 0 aromatic heterocycles. The average molecular weight is 720 g/mol. The molecule has 48 heavy (non-hydrogen) atoms. The van der Waals surface area contributed by atoms with E-state index in [4.69, 9.17) is 12.5 Å². The number of benzene rings is 3. The number of hydrogen-bond donors (Lipinski definition) is 3. The number of nitrogens with one attached hydrogen (secondary N) is 3. The average Bonchev–Trinajstić information content (AvgIpc) is 3.04. The van der Waals surface area contributed by atoms with Gasteiger partial charge in [0.2, 0.25) is 0 Å². The zero-order valence-electron chi connectivity index (χ0n) is 27.1. The molecule has 3 heterocycles. The van der Waals surface area contributed by atoms with E-state index in [0.29, 0.717) is 67.8 Å². The van der Waals surface area contributed by atoms with Crippen LogP contribution >= 0.6 is 0 Å². The standard InChI is InChI=1S/C33H41N3O9S3/c1-21-13-24-7-4-10-28(31(24)34-16-21)46(37,38)43-19-27(45-48(41,42)30-12-6-9-26-15-23(3)18-36-33(26)30)20-44-47(39,40)29-11-5-8-25-14-22(2)17-35-32(25)29/h4-12,21-23,27,34-36H,13-20H2,1-3H3. The van der Waals surface area contributed by atoms with Crippen molar-refractivity contribution in [2.24, 2.45) is 17.8 Å². The number of fused-ring (bicyclic) bond motifs is 3. The molecule has 0 fully saturated rings. The van der Waals surface area contributed by atoms with E-state index in [9.17, 15) is 25.3 Å². The smallest absolute Gasteiger partial charge is 0.299 e. The molecular weight excluding hydrogens is 679 g/mol. The second-order valence-electron chi connectivity index (χ2n) is 13.1. The summed E-state index contributed by atoms with van der Waals surface area (Å²) >= 11 is 0. The zero-order chi connectivity index (χ0) is 34.3. The normalized spacial score (nSPS) is 21.4. The highest BCUT2D eigenvalue weighted by Crippen LogP contribution is 2.35. The van der Waals surface area contributed by atoms with E-state index in [1.54, 1.807) is 18.2 Å². The monoisotopic (exact) mass is 719 g/mol. The van der Waals surface area contributed by atoms with Crippen LogP contribution in [0.5, 0.6) is 0 Å². The lowest BCUT2D eigenvalue weighted by Crippen LogP contribution is -2.32. The number of anilines is 3. The van der Waals surface area contributed by atoms with Crippen LogP contribution in [0, 0.1) is 17.8 Å². The van der Waals surface area contributed by atoms with E-state index in [2.05, 4.69) is 16.0 Å². The van der Waals surface area contributed by atoms with Gasteiger partial charge in [-0.05, 0) is 71.9 Å². The second-order valence-corrected chi connectivity index (χ2v) is 17.8. The van der Waals surface area contributed by atoms with Crippen molar-refractivity contribution in [2.75, 3.05) is 48.8 Å². The van der Waals surface area contributed by atoms with Crippen LogP contribution in [0.4, 0.5) is 17.1 Å². The fraction of sp³-hybridized carbons (Fsp3) is 0.455. The van der Waals surface area contributed by atoms with Gasteiger partial charge in [0.15, 0.2) is 0 Å². The molecule has 0 amide bonds. The first-order valence-corrected chi connectivity index (χ1v) is 20.3. The van der Waals surface area contributed by atoms with Crippen molar-refractivity contribution < 1.29 is 37.8 Å². The Balaban J connectivity index is 1.28. The molecule has 0 aliphatic carbocycles. The molecule has 3 aromatic rings. The largest absolute Gasteiger partial charge is 0.383 e. The van der Waals surface area contributed by atoms with Crippen molar-refractivity contribution in [2.45, 2.75) is 60.8 Å². The van der Waals surface area contributed by atoms with Crippen molar-refractivity contribution in [1.82, 2.24) is 0 Å².